The van der Waals surface area contributed by atoms with Gasteiger partial charge in [0.1, 0.15) is 5.82 Å². The molecule has 1 aromatic rings. The largest absolute Gasteiger partial charge is 0.207 e. The number of benzene rings is 1. The van der Waals surface area contributed by atoms with Crippen LogP contribution >= 0.6 is 39.1 Å². The lowest BCUT2D eigenvalue weighted by molar-refractivity contribution is 0.292. The second-order valence-corrected chi connectivity index (χ2v) is 6.08. The van der Waals surface area contributed by atoms with Gasteiger partial charge in [0.25, 0.3) is 0 Å². The first-order chi connectivity index (χ1) is 7.58. The van der Waals surface area contributed by atoms with Crippen molar-refractivity contribution >= 4 is 39.1 Å². The van der Waals surface area contributed by atoms with E-state index in [-0.39, 0.29) is 11.2 Å². The molecule has 0 saturated heterocycles. The van der Waals surface area contributed by atoms with Crippen LogP contribution in [-0.2, 0) is 0 Å². The van der Waals surface area contributed by atoms with E-state index < -0.39 is 0 Å². The molecule has 1 aliphatic carbocycles. The van der Waals surface area contributed by atoms with Gasteiger partial charge in [-0.25, -0.2) is 4.39 Å². The van der Waals surface area contributed by atoms with Gasteiger partial charge < -0.3 is 0 Å². The van der Waals surface area contributed by atoms with Crippen molar-refractivity contribution in [3.63, 3.8) is 0 Å². The van der Waals surface area contributed by atoms with Gasteiger partial charge in [-0.3, -0.25) is 0 Å². The quantitative estimate of drug-likeness (QED) is 0.493. The summed E-state index contributed by atoms with van der Waals surface area (Å²) < 4.78 is 14.3. The number of alkyl halides is 1. The van der Waals surface area contributed by atoms with Crippen LogP contribution in [0.5, 0.6) is 0 Å². The van der Waals surface area contributed by atoms with E-state index in [1.54, 1.807) is 6.07 Å². The molecule has 0 nitrogen and oxygen atoms in total. The van der Waals surface area contributed by atoms with Crippen LogP contribution in [0.2, 0.25) is 5.02 Å². The molecule has 0 aliphatic heterocycles. The molecule has 0 N–H and O–H groups in total. The van der Waals surface area contributed by atoms with Gasteiger partial charge in [0.15, 0.2) is 0 Å². The highest BCUT2D eigenvalue weighted by Crippen LogP contribution is 2.40. The first kappa shape index (κ1) is 12.7. The van der Waals surface area contributed by atoms with E-state index in [1.807, 2.05) is 0 Å². The third-order valence-corrected chi connectivity index (χ3v) is 4.75. The lowest BCUT2D eigenvalue weighted by Gasteiger charge is -2.27. The summed E-state index contributed by atoms with van der Waals surface area (Å²) in [6.07, 6.45) is 4.55. The molecular formula is C12H12BrCl2F. The fraction of sp³-hybridized carbons (Fsp3) is 0.500. The van der Waals surface area contributed by atoms with Crippen LogP contribution in [-0.4, -0.2) is 0 Å². The van der Waals surface area contributed by atoms with Crippen LogP contribution in [0.15, 0.2) is 16.6 Å². The predicted octanol–water partition coefficient (Wildman–Crippen LogP) is 5.71. The van der Waals surface area contributed by atoms with E-state index in [0.29, 0.717) is 21.0 Å². The molecule has 1 atom stereocenters. The summed E-state index contributed by atoms with van der Waals surface area (Å²) in [5, 5.41) is 0.242. The van der Waals surface area contributed by atoms with Crippen LogP contribution in [0.25, 0.3) is 0 Å². The normalized spacial score (nSPS) is 18.2. The summed E-state index contributed by atoms with van der Waals surface area (Å²) in [5.41, 5.74) is 0.516. The minimum Gasteiger partial charge on any atom is -0.207 e. The highest BCUT2D eigenvalue weighted by atomic mass is 79.9. The molecule has 0 bridgehead atoms. The molecule has 16 heavy (non-hydrogen) atoms. The van der Waals surface area contributed by atoms with Crippen molar-refractivity contribution in [2.24, 2.45) is 5.92 Å². The topological polar surface area (TPSA) is 0 Å². The maximum atomic E-state index is 13.7. The van der Waals surface area contributed by atoms with E-state index in [9.17, 15) is 4.39 Å². The van der Waals surface area contributed by atoms with Crippen LogP contribution in [0.1, 0.15) is 36.6 Å². The molecule has 0 amide bonds. The smallest absolute Gasteiger partial charge is 0.129 e. The standard InChI is InChI=1S/C12H12BrCl2F/c13-9-6-12(16)8(5-11(9)15)10(14)4-7-2-1-3-7/h5-7,10H,1-4H2. The molecule has 0 heterocycles. The molecule has 0 radical (unpaired) electrons. The second-order valence-electron chi connectivity index (χ2n) is 4.29. The molecule has 0 aromatic heterocycles. The molecule has 88 valence electrons. The Hall–Kier alpha value is 0.210. The van der Waals surface area contributed by atoms with Crippen molar-refractivity contribution in [3.8, 4) is 0 Å². The number of hydrogen-bond acceptors (Lipinski definition) is 0. The monoisotopic (exact) mass is 324 g/mol. The first-order valence-corrected chi connectivity index (χ1v) is 6.97. The minimum atomic E-state index is -0.282. The Kier molecular flexibility index (Phi) is 4.15. The number of halogens is 4. The second kappa shape index (κ2) is 5.24. The third-order valence-electron chi connectivity index (χ3n) is 3.14. The summed E-state index contributed by atoms with van der Waals surface area (Å²) in [5.74, 6) is 0.375. The molecular weight excluding hydrogens is 314 g/mol. The van der Waals surface area contributed by atoms with Crippen molar-refractivity contribution < 1.29 is 4.39 Å². The molecule has 1 saturated carbocycles. The van der Waals surface area contributed by atoms with E-state index in [4.69, 9.17) is 23.2 Å². The van der Waals surface area contributed by atoms with Gasteiger partial charge in [0.05, 0.1) is 10.4 Å². The summed E-state index contributed by atoms with van der Waals surface area (Å²) >= 11 is 15.4. The lowest BCUT2D eigenvalue weighted by Crippen LogP contribution is -2.13. The first-order valence-electron chi connectivity index (χ1n) is 5.36. The van der Waals surface area contributed by atoms with Crippen molar-refractivity contribution in [1.29, 1.82) is 0 Å². The zero-order valence-electron chi connectivity index (χ0n) is 8.65. The maximum absolute atomic E-state index is 13.7. The van der Waals surface area contributed by atoms with Crippen LogP contribution in [0.3, 0.4) is 0 Å². The van der Waals surface area contributed by atoms with E-state index >= 15 is 0 Å². The van der Waals surface area contributed by atoms with Crippen molar-refractivity contribution in [3.05, 3.63) is 33.0 Å². The average molecular weight is 326 g/mol. The molecule has 1 fully saturated rings. The van der Waals surface area contributed by atoms with E-state index in [2.05, 4.69) is 15.9 Å². The lowest BCUT2D eigenvalue weighted by atomic mass is 9.81. The number of hydrogen-bond donors (Lipinski definition) is 0. The van der Waals surface area contributed by atoms with E-state index in [1.165, 1.54) is 25.3 Å². The number of rotatable bonds is 3. The summed E-state index contributed by atoms with van der Waals surface area (Å²) in [4.78, 5) is 0. The van der Waals surface area contributed by atoms with Gasteiger partial charge in [-0.15, -0.1) is 11.6 Å². The molecule has 0 spiro atoms. The predicted molar refractivity (Wildman–Crippen MR) is 69.7 cm³/mol. The van der Waals surface area contributed by atoms with Crippen LogP contribution < -0.4 is 0 Å². The Morgan fingerprint density at radius 3 is 2.69 bits per heavy atom. The average Bonchev–Trinajstić information content (AvgIpc) is 2.17. The zero-order chi connectivity index (χ0) is 11.7. The van der Waals surface area contributed by atoms with Crippen molar-refractivity contribution in [1.82, 2.24) is 0 Å². The highest BCUT2D eigenvalue weighted by molar-refractivity contribution is 9.10. The summed E-state index contributed by atoms with van der Waals surface area (Å²) in [7, 11) is 0. The van der Waals surface area contributed by atoms with Gasteiger partial charge in [-0.05, 0) is 40.4 Å². The molecule has 1 unspecified atom stereocenters. The Balaban J connectivity index is 2.14. The molecule has 1 aliphatic rings. The van der Waals surface area contributed by atoms with E-state index in [0.717, 1.165) is 6.42 Å². The Bertz CT molecular complexity index is 391. The SMILES string of the molecule is Fc1cc(Br)c(Cl)cc1C(Cl)CC1CCC1. The molecule has 2 rings (SSSR count). The maximum Gasteiger partial charge on any atom is 0.129 e. The van der Waals surface area contributed by atoms with Crippen molar-refractivity contribution in [2.45, 2.75) is 31.1 Å². The third kappa shape index (κ3) is 2.72. The van der Waals surface area contributed by atoms with Crippen LogP contribution in [0, 0.1) is 11.7 Å². The summed E-state index contributed by atoms with van der Waals surface area (Å²) in [6, 6.07) is 3.01. The van der Waals surface area contributed by atoms with Gasteiger partial charge in [-0.2, -0.15) is 0 Å². The van der Waals surface area contributed by atoms with Crippen molar-refractivity contribution in [2.75, 3.05) is 0 Å². The minimum absolute atomic E-state index is 0.268. The van der Waals surface area contributed by atoms with Crippen LogP contribution in [0.4, 0.5) is 4.39 Å². The Morgan fingerprint density at radius 1 is 1.44 bits per heavy atom. The van der Waals surface area contributed by atoms with Gasteiger partial charge in [0, 0.05) is 10.0 Å². The van der Waals surface area contributed by atoms with Gasteiger partial charge in [-0.1, -0.05) is 30.9 Å². The Labute approximate surface area is 113 Å². The van der Waals surface area contributed by atoms with Gasteiger partial charge >= 0.3 is 0 Å². The fourth-order valence-electron chi connectivity index (χ4n) is 1.93. The highest BCUT2D eigenvalue weighted by Gasteiger charge is 2.24. The molecule has 4 heteroatoms. The fourth-order valence-corrected chi connectivity index (χ4v) is 2.83. The zero-order valence-corrected chi connectivity index (χ0v) is 11.7. The summed E-state index contributed by atoms with van der Waals surface area (Å²) in [6.45, 7) is 0. The molecule has 1 aromatic carbocycles. The van der Waals surface area contributed by atoms with Gasteiger partial charge in [0.2, 0.25) is 0 Å². The Morgan fingerprint density at radius 2 is 2.12 bits per heavy atom.